The minimum atomic E-state index is -0.158. The van der Waals surface area contributed by atoms with Gasteiger partial charge in [0.25, 0.3) is 11.5 Å². The fourth-order valence-electron chi connectivity index (χ4n) is 4.02. The standard InChI is InChI=1S/C24H27N5O2S/c1-12(2)29(11-20-13(3)7-14(4)26-23(20)30)24(31)18-9-21(17-8-15(5)32-16(17)6)27-22-19(18)10-25-28-22/h7-10,12H,11H2,1-6H3,(H,26,30)(H,25,27,28). The first-order valence-electron chi connectivity index (χ1n) is 10.6. The highest BCUT2D eigenvalue weighted by atomic mass is 32.1. The highest BCUT2D eigenvalue weighted by Gasteiger charge is 2.25. The van der Waals surface area contributed by atoms with Gasteiger partial charge in [0, 0.05) is 32.6 Å². The van der Waals surface area contributed by atoms with Gasteiger partial charge in [-0.3, -0.25) is 14.7 Å². The first-order valence-corrected chi connectivity index (χ1v) is 11.4. The number of nitrogens with one attached hydrogen (secondary N) is 2. The lowest BCUT2D eigenvalue weighted by Gasteiger charge is -2.27. The van der Waals surface area contributed by atoms with Crippen molar-refractivity contribution in [3.63, 3.8) is 0 Å². The van der Waals surface area contributed by atoms with E-state index in [4.69, 9.17) is 4.98 Å². The SMILES string of the molecule is Cc1cc(C)c(CN(C(=O)c2cc(-c3cc(C)sc3C)nc3[nH]ncc23)C(C)C)c(=O)[nH]1. The molecule has 7 nitrogen and oxygen atoms in total. The number of rotatable bonds is 5. The van der Waals surface area contributed by atoms with Crippen LogP contribution in [0.15, 0.2) is 29.2 Å². The molecule has 8 heteroatoms. The van der Waals surface area contributed by atoms with Gasteiger partial charge in [-0.05, 0) is 65.3 Å². The van der Waals surface area contributed by atoms with E-state index in [1.807, 2.05) is 39.8 Å². The number of fused-ring (bicyclic) bond motifs is 1. The summed E-state index contributed by atoms with van der Waals surface area (Å²) < 4.78 is 0. The second kappa shape index (κ2) is 8.35. The highest BCUT2D eigenvalue weighted by molar-refractivity contribution is 7.12. The Morgan fingerprint density at radius 3 is 2.53 bits per heavy atom. The lowest BCUT2D eigenvalue weighted by molar-refractivity contribution is 0.0691. The predicted octanol–water partition coefficient (Wildman–Crippen LogP) is 4.66. The molecule has 4 rings (SSSR count). The van der Waals surface area contributed by atoms with Gasteiger partial charge >= 0.3 is 0 Å². The minimum Gasteiger partial charge on any atom is -0.332 e. The van der Waals surface area contributed by atoms with Crippen LogP contribution < -0.4 is 5.56 Å². The van der Waals surface area contributed by atoms with Crippen molar-refractivity contribution < 1.29 is 4.79 Å². The average Bonchev–Trinajstić information content (AvgIpc) is 3.31. The van der Waals surface area contributed by atoms with E-state index in [1.54, 1.807) is 22.4 Å². The fourth-order valence-corrected chi connectivity index (χ4v) is 4.95. The second-order valence-corrected chi connectivity index (χ2v) is 9.94. The number of carbonyl (C=O) groups excluding carboxylic acids is 1. The summed E-state index contributed by atoms with van der Waals surface area (Å²) in [4.78, 5) is 38.0. The third-order valence-electron chi connectivity index (χ3n) is 5.68. The number of amides is 1. The molecule has 0 aliphatic carbocycles. The summed E-state index contributed by atoms with van der Waals surface area (Å²) in [6.07, 6.45) is 1.63. The Hall–Kier alpha value is -3.26. The summed E-state index contributed by atoms with van der Waals surface area (Å²) in [5, 5.41) is 7.70. The maximum Gasteiger partial charge on any atom is 0.255 e. The average molecular weight is 450 g/mol. The van der Waals surface area contributed by atoms with Crippen molar-refractivity contribution in [1.29, 1.82) is 0 Å². The third kappa shape index (κ3) is 3.98. The molecule has 0 saturated heterocycles. The number of hydrogen-bond acceptors (Lipinski definition) is 5. The number of thiophene rings is 1. The van der Waals surface area contributed by atoms with Crippen LogP contribution in [0.3, 0.4) is 0 Å². The maximum absolute atomic E-state index is 13.8. The smallest absolute Gasteiger partial charge is 0.255 e. The van der Waals surface area contributed by atoms with E-state index in [0.717, 1.165) is 27.4 Å². The summed E-state index contributed by atoms with van der Waals surface area (Å²) in [6.45, 7) is 12.0. The fraction of sp³-hybridized carbons (Fsp3) is 0.333. The molecule has 0 bridgehead atoms. The molecule has 4 aromatic rings. The molecule has 1 amide bonds. The van der Waals surface area contributed by atoms with Crippen molar-refractivity contribution in [2.75, 3.05) is 0 Å². The Labute approximate surface area is 190 Å². The zero-order valence-corrected chi connectivity index (χ0v) is 20.0. The molecule has 2 N–H and O–H groups in total. The Morgan fingerprint density at radius 1 is 1.16 bits per heavy atom. The van der Waals surface area contributed by atoms with Gasteiger partial charge in [0.15, 0.2) is 5.65 Å². The molecule has 166 valence electrons. The molecule has 0 fully saturated rings. The molecule has 0 spiro atoms. The molecule has 0 aliphatic rings. The zero-order valence-electron chi connectivity index (χ0n) is 19.2. The Balaban J connectivity index is 1.81. The van der Waals surface area contributed by atoms with Gasteiger partial charge in [-0.2, -0.15) is 5.10 Å². The quantitative estimate of drug-likeness (QED) is 0.463. The Bertz CT molecular complexity index is 1380. The van der Waals surface area contributed by atoms with Crippen LogP contribution in [0.2, 0.25) is 0 Å². The van der Waals surface area contributed by atoms with E-state index in [9.17, 15) is 9.59 Å². The molecule has 0 radical (unpaired) electrons. The number of H-pyrrole nitrogens is 2. The molecule has 0 saturated carbocycles. The Morgan fingerprint density at radius 2 is 1.91 bits per heavy atom. The van der Waals surface area contributed by atoms with Crippen molar-refractivity contribution in [2.24, 2.45) is 0 Å². The molecule has 0 aromatic carbocycles. The molecule has 4 aromatic heterocycles. The third-order valence-corrected chi connectivity index (χ3v) is 6.64. The maximum atomic E-state index is 13.8. The van der Waals surface area contributed by atoms with Crippen molar-refractivity contribution >= 4 is 28.3 Å². The predicted molar refractivity (Wildman–Crippen MR) is 128 cm³/mol. The first-order chi connectivity index (χ1) is 15.2. The molecule has 0 atom stereocenters. The molecule has 4 heterocycles. The van der Waals surface area contributed by atoms with Gasteiger partial charge in [-0.25, -0.2) is 4.98 Å². The number of aromatic amines is 2. The van der Waals surface area contributed by atoms with Crippen molar-refractivity contribution in [3.05, 3.63) is 66.9 Å². The van der Waals surface area contributed by atoms with Crippen LogP contribution in [0.5, 0.6) is 0 Å². The van der Waals surface area contributed by atoms with Gasteiger partial charge in [0.1, 0.15) is 0 Å². The van der Waals surface area contributed by atoms with Crippen LogP contribution in [0.4, 0.5) is 0 Å². The highest BCUT2D eigenvalue weighted by Crippen LogP contribution is 2.32. The van der Waals surface area contributed by atoms with E-state index in [2.05, 4.69) is 35.1 Å². The van der Waals surface area contributed by atoms with Crippen LogP contribution in [0.25, 0.3) is 22.3 Å². The van der Waals surface area contributed by atoms with Crippen LogP contribution >= 0.6 is 11.3 Å². The van der Waals surface area contributed by atoms with E-state index in [1.165, 1.54) is 4.88 Å². The molecular weight excluding hydrogens is 422 g/mol. The summed E-state index contributed by atoms with van der Waals surface area (Å²) in [5.74, 6) is -0.154. The van der Waals surface area contributed by atoms with Gasteiger partial charge in [-0.1, -0.05) is 0 Å². The van der Waals surface area contributed by atoms with E-state index < -0.39 is 0 Å². The normalized spacial score (nSPS) is 11.5. The number of pyridine rings is 2. The van der Waals surface area contributed by atoms with Crippen LogP contribution in [0, 0.1) is 27.7 Å². The number of carbonyl (C=O) groups is 1. The van der Waals surface area contributed by atoms with Crippen LogP contribution in [-0.4, -0.2) is 37.0 Å². The van der Waals surface area contributed by atoms with Crippen molar-refractivity contribution in [2.45, 2.75) is 54.1 Å². The van der Waals surface area contributed by atoms with Gasteiger partial charge in [0.05, 0.1) is 29.4 Å². The summed E-state index contributed by atoms with van der Waals surface area (Å²) >= 11 is 1.70. The Kier molecular flexibility index (Phi) is 5.73. The molecule has 32 heavy (non-hydrogen) atoms. The van der Waals surface area contributed by atoms with Gasteiger partial charge in [-0.15, -0.1) is 11.3 Å². The number of nitrogens with zero attached hydrogens (tertiary/aromatic N) is 3. The molecule has 0 aliphatic heterocycles. The minimum absolute atomic E-state index is 0.105. The van der Waals surface area contributed by atoms with E-state index >= 15 is 0 Å². The monoisotopic (exact) mass is 449 g/mol. The lowest BCUT2D eigenvalue weighted by Crippen LogP contribution is -2.38. The number of aryl methyl sites for hydroxylation is 4. The van der Waals surface area contributed by atoms with Crippen LogP contribution in [-0.2, 0) is 6.54 Å². The first kappa shape index (κ1) is 22.0. The number of hydrogen-bond donors (Lipinski definition) is 2. The van der Waals surface area contributed by atoms with Crippen molar-refractivity contribution in [3.8, 4) is 11.3 Å². The van der Waals surface area contributed by atoms with E-state index in [-0.39, 0.29) is 24.1 Å². The summed E-state index contributed by atoms with van der Waals surface area (Å²) in [6, 6.07) is 5.76. The van der Waals surface area contributed by atoms with Gasteiger partial charge in [0.2, 0.25) is 0 Å². The van der Waals surface area contributed by atoms with Crippen LogP contribution in [0.1, 0.15) is 50.8 Å². The van der Waals surface area contributed by atoms with Gasteiger partial charge < -0.3 is 9.88 Å². The summed E-state index contributed by atoms with van der Waals surface area (Å²) in [7, 11) is 0. The topological polar surface area (TPSA) is 94.7 Å². The van der Waals surface area contributed by atoms with Crippen molar-refractivity contribution in [1.82, 2.24) is 25.1 Å². The second-order valence-electron chi connectivity index (χ2n) is 8.48. The molecule has 0 unspecified atom stereocenters. The largest absolute Gasteiger partial charge is 0.332 e. The summed E-state index contributed by atoms with van der Waals surface area (Å²) in [5.41, 5.74) is 4.96. The van der Waals surface area contributed by atoms with E-state index in [0.29, 0.717) is 22.2 Å². The zero-order chi connectivity index (χ0) is 23.2. The lowest BCUT2D eigenvalue weighted by atomic mass is 10.0. The molecular formula is C24H27N5O2S. The number of aromatic nitrogens is 4.